The number of anilines is 1. The zero-order chi connectivity index (χ0) is 15.4. The second kappa shape index (κ2) is 4.14. The van der Waals surface area contributed by atoms with E-state index in [2.05, 4.69) is 14.6 Å². The minimum absolute atomic E-state index is 0.204. The number of halogens is 3. The highest BCUT2D eigenvalue weighted by Crippen LogP contribution is 2.42. The van der Waals surface area contributed by atoms with Crippen LogP contribution in [-0.2, 0) is 0 Å². The van der Waals surface area contributed by atoms with Crippen LogP contribution in [0.15, 0.2) is 23.1 Å². The van der Waals surface area contributed by atoms with Crippen LogP contribution >= 0.6 is 0 Å². The van der Waals surface area contributed by atoms with Crippen LogP contribution in [0.2, 0.25) is 0 Å². The predicted molar refractivity (Wildman–Crippen MR) is 65.1 cm³/mol. The fraction of sp³-hybridized carbons (Fsp3) is 0.167. The van der Waals surface area contributed by atoms with Gasteiger partial charge in [-0.05, 0) is 6.92 Å². The van der Waals surface area contributed by atoms with E-state index in [1.807, 2.05) is 0 Å². The summed E-state index contributed by atoms with van der Waals surface area (Å²) in [5.74, 6) is -1.98. The van der Waals surface area contributed by atoms with Crippen LogP contribution < -0.4 is 20.6 Å². The van der Waals surface area contributed by atoms with Gasteiger partial charge in [-0.25, -0.2) is 9.07 Å². The van der Waals surface area contributed by atoms with E-state index in [0.29, 0.717) is 0 Å². The molecule has 0 unspecified atom stereocenters. The average molecular weight is 299 g/mol. The molecule has 1 aliphatic rings. The first kappa shape index (κ1) is 13.3. The molecule has 2 N–H and O–H groups in total. The van der Waals surface area contributed by atoms with Gasteiger partial charge in [-0.2, -0.15) is 0 Å². The van der Waals surface area contributed by atoms with E-state index >= 15 is 0 Å². The molecule has 1 aromatic heterocycles. The lowest BCUT2D eigenvalue weighted by Gasteiger charge is -2.09. The van der Waals surface area contributed by atoms with Crippen molar-refractivity contribution in [2.45, 2.75) is 13.2 Å². The molecule has 2 heterocycles. The van der Waals surface area contributed by atoms with Crippen molar-refractivity contribution in [2.75, 3.05) is 5.73 Å². The van der Waals surface area contributed by atoms with Crippen molar-refractivity contribution in [3.63, 3.8) is 0 Å². The zero-order valence-electron chi connectivity index (χ0n) is 10.6. The fourth-order valence-corrected chi connectivity index (χ4v) is 1.89. The van der Waals surface area contributed by atoms with Crippen LogP contribution in [0.1, 0.15) is 5.56 Å². The summed E-state index contributed by atoms with van der Waals surface area (Å²) in [6, 6.07) is 1.73. The molecule has 0 aliphatic carbocycles. The van der Waals surface area contributed by atoms with Gasteiger partial charge in [-0.3, -0.25) is 4.79 Å². The quantitative estimate of drug-likeness (QED) is 0.865. The summed E-state index contributed by atoms with van der Waals surface area (Å²) in [6.07, 6.45) is -2.61. The van der Waals surface area contributed by atoms with Gasteiger partial charge < -0.3 is 15.2 Å². The summed E-state index contributed by atoms with van der Waals surface area (Å²) < 4.78 is 49.2. The van der Waals surface area contributed by atoms with Crippen molar-refractivity contribution in [1.82, 2.24) is 9.78 Å². The Labute approximate surface area is 115 Å². The van der Waals surface area contributed by atoms with E-state index in [9.17, 15) is 18.0 Å². The number of aryl methyl sites for hydroxylation is 1. The molecule has 0 saturated carbocycles. The summed E-state index contributed by atoms with van der Waals surface area (Å²) in [7, 11) is 0. The highest BCUT2D eigenvalue weighted by atomic mass is 19.3. The minimum atomic E-state index is -3.85. The van der Waals surface area contributed by atoms with E-state index in [-0.39, 0.29) is 22.8 Å². The summed E-state index contributed by atoms with van der Waals surface area (Å²) in [5, 5.41) is 3.68. The molecule has 6 nitrogen and oxygen atoms in total. The molecule has 1 aromatic carbocycles. The Kier molecular flexibility index (Phi) is 2.62. The summed E-state index contributed by atoms with van der Waals surface area (Å²) in [4.78, 5) is 11.5. The number of nitrogen functional groups attached to an aromatic ring is 1. The summed E-state index contributed by atoms with van der Waals surface area (Å²) in [5.41, 5.74) is 4.96. The molecule has 21 heavy (non-hydrogen) atoms. The number of benzene rings is 1. The molecule has 0 radical (unpaired) electrons. The van der Waals surface area contributed by atoms with E-state index in [1.165, 1.54) is 13.1 Å². The largest absolute Gasteiger partial charge is 0.586 e. The fourth-order valence-electron chi connectivity index (χ4n) is 1.89. The highest BCUT2D eigenvalue weighted by Gasteiger charge is 2.44. The monoisotopic (exact) mass is 299 g/mol. The number of hydrogen-bond acceptors (Lipinski definition) is 5. The lowest BCUT2D eigenvalue weighted by molar-refractivity contribution is -0.286. The third-order valence-electron chi connectivity index (χ3n) is 2.84. The SMILES string of the molecule is Cc1cn(-c2cc3c(cc2F)OC(F)(F)O3)nc(N)c1=O. The number of nitrogens with two attached hydrogens (primary N) is 1. The van der Waals surface area contributed by atoms with Gasteiger partial charge >= 0.3 is 6.29 Å². The molecule has 1 aliphatic heterocycles. The third-order valence-corrected chi connectivity index (χ3v) is 2.84. The maximum absolute atomic E-state index is 14.0. The van der Waals surface area contributed by atoms with Crippen molar-refractivity contribution < 1.29 is 22.6 Å². The first-order valence-corrected chi connectivity index (χ1v) is 5.73. The van der Waals surface area contributed by atoms with Crippen molar-refractivity contribution >= 4 is 5.82 Å². The second-order valence-corrected chi connectivity index (χ2v) is 4.39. The molecule has 0 bridgehead atoms. The molecule has 0 amide bonds. The molecule has 0 atom stereocenters. The van der Waals surface area contributed by atoms with Gasteiger partial charge in [0.2, 0.25) is 5.43 Å². The molecule has 2 aromatic rings. The van der Waals surface area contributed by atoms with Gasteiger partial charge in [-0.15, -0.1) is 13.9 Å². The first-order chi connectivity index (χ1) is 9.77. The lowest BCUT2D eigenvalue weighted by atomic mass is 10.2. The molecule has 3 rings (SSSR count). The normalized spacial score (nSPS) is 15.2. The van der Waals surface area contributed by atoms with Gasteiger partial charge in [0.1, 0.15) is 5.69 Å². The number of nitrogens with zero attached hydrogens (tertiary/aromatic N) is 2. The van der Waals surface area contributed by atoms with Crippen LogP contribution in [0.5, 0.6) is 11.5 Å². The Morgan fingerprint density at radius 1 is 1.29 bits per heavy atom. The first-order valence-electron chi connectivity index (χ1n) is 5.73. The van der Waals surface area contributed by atoms with Crippen molar-refractivity contribution in [1.29, 1.82) is 0 Å². The lowest BCUT2D eigenvalue weighted by Crippen LogP contribution is -2.25. The van der Waals surface area contributed by atoms with Crippen molar-refractivity contribution in [3.8, 4) is 17.2 Å². The maximum atomic E-state index is 14.0. The Hall–Kier alpha value is -2.71. The minimum Gasteiger partial charge on any atom is -0.395 e. The van der Waals surface area contributed by atoms with Crippen LogP contribution in [0.4, 0.5) is 19.0 Å². The Balaban J connectivity index is 2.15. The van der Waals surface area contributed by atoms with Crippen LogP contribution in [0, 0.1) is 12.7 Å². The molecule has 0 fully saturated rings. The van der Waals surface area contributed by atoms with E-state index < -0.39 is 23.3 Å². The number of alkyl halides is 2. The molecule has 9 heteroatoms. The van der Waals surface area contributed by atoms with Gasteiger partial charge in [0.15, 0.2) is 23.1 Å². The van der Waals surface area contributed by atoms with Crippen LogP contribution in [-0.4, -0.2) is 16.1 Å². The van der Waals surface area contributed by atoms with E-state index in [0.717, 1.165) is 16.8 Å². The third kappa shape index (κ3) is 2.16. The van der Waals surface area contributed by atoms with Crippen LogP contribution in [0.25, 0.3) is 5.69 Å². The van der Waals surface area contributed by atoms with E-state index in [1.54, 1.807) is 0 Å². The number of fused-ring (bicyclic) bond motifs is 1. The van der Waals surface area contributed by atoms with Gasteiger partial charge in [-0.1, -0.05) is 0 Å². The van der Waals surface area contributed by atoms with Gasteiger partial charge in [0.25, 0.3) is 0 Å². The number of ether oxygens (including phenoxy) is 2. The molecular weight excluding hydrogens is 291 g/mol. The Bertz CT molecular complexity index is 778. The average Bonchev–Trinajstić information content (AvgIpc) is 2.67. The smallest absolute Gasteiger partial charge is 0.395 e. The van der Waals surface area contributed by atoms with Crippen molar-refractivity contribution in [2.24, 2.45) is 0 Å². The predicted octanol–water partition coefficient (Wildman–Crippen LogP) is 1.58. The number of rotatable bonds is 1. The maximum Gasteiger partial charge on any atom is 0.586 e. The second-order valence-electron chi connectivity index (χ2n) is 4.39. The molecule has 110 valence electrons. The highest BCUT2D eigenvalue weighted by molar-refractivity contribution is 5.51. The van der Waals surface area contributed by atoms with Crippen molar-refractivity contribution in [3.05, 3.63) is 39.9 Å². The number of hydrogen-bond donors (Lipinski definition) is 1. The van der Waals surface area contributed by atoms with Gasteiger partial charge in [0, 0.05) is 23.9 Å². The zero-order valence-corrected chi connectivity index (χ0v) is 10.6. The summed E-state index contributed by atoms with van der Waals surface area (Å²) in [6.45, 7) is 1.47. The Morgan fingerprint density at radius 2 is 1.90 bits per heavy atom. The van der Waals surface area contributed by atoms with Crippen LogP contribution in [0.3, 0.4) is 0 Å². The summed E-state index contributed by atoms with van der Waals surface area (Å²) >= 11 is 0. The molecular formula is C12H8F3N3O3. The number of aromatic nitrogens is 2. The molecule has 0 saturated heterocycles. The standard InChI is InChI=1S/C12H8F3N3O3/c1-5-4-18(17-11(16)10(5)19)7-3-9-8(2-6(7)13)20-12(14,15)21-9/h2-4H,1H3,(H2,16,17). The Morgan fingerprint density at radius 3 is 2.52 bits per heavy atom. The molecule has 0 spiro atoms. The topological polar surface area (TPSA) is 79.4 Å². The van der Waals surface area contributed by atoms with Gasteiger partial charge in [0.05, 0.1) is 0 Å². The van der Waals surface area contributed by atoms with E-state index in [4.69, 9.17) is 5.73 Å².